The Bertz CT molecular complexity index is 1160. The van der Waals surface area contributed by atoms with E-state index >= 15 is 0 Å². The molecule has 0 spiro atoms. The lowest BCUT2D eigenvalue weighted by molar-refractivity contribution is -0.144. The van der Waals surface area contributed by atoms with Gasteiger partial charge < -0.3 is 19.3 Å². The maximum atomic E-state index is 13.5. The molecule has 1 amide bonds. The van der Waals surface area contributed by atoms with Crippen LogP contribution in [-0.2, 0) is 14.3 Å². The molecule has 2 fully saturated rings. The van der Waals surface area contributed by atoms with Crippen LogP contribution in [0.15, 0.2) is 58.4 Å². The van der Waals surface area contributed by atoms with E-state index in [0.29, 0.717) is 27.9 Å². The molecule has 2 aromatic rings. The molecule has 2 heterocycles. The number of benzene rings is 2. The van der Waals surface area contributed by atoms with E-state index < -0.39 is 12.1 Å². The van der Waals surface area contributed by atoms with Gasteiger partial charge in [0.05, 0.1) is 30.9 Å². The van der Waals surface area contributed by atoms with Gasteiger partial charge in [-0.15, -0.1) is 0 Å². The molecule has 0 aromatic heterocycles. The summed E-state index contributed by atoms with van der Waals surface area (Å²) in [5.41, 5.74) is 1.32. The predicted molar refractivity (Wildman–Crippen MR) is 143 cm³/mol. The van der Waals surface area contributed by atoms with Crippen molar-refractivity contribution in [1.29, 1.82) is 0 Å². The number of thioether (sulfide) groups is 1. The van der Waals surface area contributed by atoms with Crippen LogP contribution in [0, 0.1) is 0 Å². The van der Waals surface area contributed by atoms with Gasteiger partial charge in [-0.1, -0.05) is 30.3 Å². The number of amidine groups is 1. The Morgan fingerprint density at radius 2 is 1.92 bits per heavy atom. The number of methoxy groups -OCH3 is 1. The normalized spacial score (nSPS) is 19.4. The minimum atomic E-state index is -1.10. The number of hydrogen-bond acceptors (Lipinski definition) is 8. The first kappa shape index (κ1) is 26.7. The van der Waals surface area contributed by atoms with Crippen LogP contribution in [0.1, 0.15) is 18.9 Å². The molecule has 4 rings (SSSR count). The first-order valence-electron chi connectivity index (χ1n) is 12.2. The molecular weight excluding hydrogens is 494 g/mol. The number of rotatable bonds is 10. The fraction of sp³-hybridized carbons (Fsp3) is 0.370. The van der Waals surface area contributed by atoms with Gasteiger partial charge in [-0.3, -0.25) is 14.6 Å². The molecule has 1 atom stereocenters. The van der Waals surface area contributed by atoms with Crippen LogP contribution in [0.4, 0.5) is 5.69 Å². The summed E-state index contributed by atoms with van der Waals surface area (Å²) in [5.74, 6) is -0.590. The number of amides is 1. The van der Waals surface area contributed by atoms with Gasteiger partial charge >= 0.3 is 5.97 Å². The van der Waals surface area contributed by atoms with E-state index in [1.165, 1.54) is 25.8 Å². The molecule has 9 nitrogen and oxygen atoms in total. The van der Waals surface area contributed by atoms with Gasteiger partial charge in [-0.2, -0.15) is 0 Å². The third kappa shape index (κ3) is 6.91. The Labute approximate surface area is 220 Å². The van der Waals surface area contributed by atoms with Crippen molar-refractivity contribution in [3.8, 4) is 11.5 Å². The first-order valence-corrected chi connectivity index (χ1v) is 13.0. The molecule has 37 heavy (non-hydrogen) atoms. The zero-order valence-corrected chi connectivity index (χ0v) is 21.8. The van der Waals surface area contributed by atoms with Crippen LogP contribution in [0.2, 0.25) is 0 Å². The summed E-state index contributed by atoms with van der Waals surface area (Å²) in [7, 11) is 1.49. The highest BCUT2D eigenvalue weighted by atomic mass is 32.2. The van der Waals surface area contributed by atoms with Gasteiger partial charge in [0.2, 0.25) is 0 Å². The van der Waals surface area contributed by atoms with E-state index in [2.05, 4.69) is 4.90 Å². The number of carboxylic acid groups (broad SMARTS) is 1. The van der Waals surface area contributed by atoms with E-state index in [4.69, 9.17) is 19.2 Å². The zero-order chi connectivity index (χ0) is 26.2. The fourth-order valence-electron chi connectivity index (χ4n) is 3.98. The summed E-state index contributed by atoms with van der Waals surface area (Å²) in [5, 5.41) is 9.94. The Balaban J connectivity index is 1.61. The molecule has 2 aromatic carbocycles. The zero-order valence-electron chi connectivity index (χ0n) is 21.0. The molecule has 1 N–H and O–H groups in total. The van der Waals surface area contributed by atoms with Crippen molar-refractivity contribution >= 4 is 40.6 Å². The van der Waals surface area contributed by atoms with Crippen molar-refractivity contribution < 1.29 is 28.9 Å². The minimum Gasteiger partial charge on any atom is -0.493 e. The van der Waals surface area contributed by atoms with Crippen molar-refractivity contribution in [1.82, 2.24) is 9.80 Å². The van der Waals surface area contributed by atoms with Crippen LogP contribution in [-0.4, -0.2) is 84.6 Å². The molecule has 0 radical (unpaired) electrons. The van der Waals surface area contributed by atoms with Crippen molar-refractivity contribution in [3.63, 3.8) is 0 Å². The van der Waals surface area contributed by atoms with E-state index in [1.807, 2.05) is 30.3 Å². The third-order valence-electron chi connectivity index (χ3n) is 5.99. The first-order chi connectivity index (χ1) is 18.0. The molecule has 0 aliphatic carbocycles. The van der Waals surface area contributed by atoms with Gasteiger partial charge in [0.15, 0.2) is 22.8 Å². The monoisotopic (exact) mass is 525 g/mol. The second-order valence-corrected chi connectivity index (χ2v) is 9.59. The summed E-state index contributed by atoms with van der Waals surface area (Å²) in [6.45, 7) is 6.11. The Morgan fingerprint density at radius 3 is 2.62 bits per heavy atom. The number of morpholine rings is 1. The number of hydrogen-bond donors (Lipinski definition) is 1. The summed E-state index contributed by atoms with van der Waals surface area (Å²) < 4.78 is 16.5. The van der Waals surface area contributed by atoms with Crippen LogP contribution in [0.5, 0.6) is 11.5 Å². The van der Waals surface area contributed by atoms with Crippen molar-refractivity contribution in [2.45, 2.75) is 19.4 Å². The van der Waals surface area contributed by atoms with Crippen molar-refractivity contribution in [3.05, 3.63) is 59.0 Å². The maximum Gasteiger partial charge on any atom is 0.344 e. The Hall–Kier alpha value is -3.34. The molecule has 196 valence electrons. The van der Waals surface area contributed by atoms with Crippen LogP contribution in [0.25, 0.3) is 6.08 Å². The van der Waals surface area contributed by atoms with Crippen LogP contribution in [0.3, 0.4) is 0 Å². The number of para-hydroxylation sites is 2. The second-order valence-electron chi connectivity index (χ2n) is 8.58. The number of nitrogens with zero attached hydrogens (tertiary/aromatic N) is 3. The molecule has 2 aliphatic heterocycles. The summed E-state index contributed by atoms with van der Waals surface area (Å²) in [6, 6.07) is 14.8. The number of ether oxygens (including phenoxy) is 3. The molecule has 0 bridgehead atoms. The van der Waals surface area contributed by atoms with Crippen molar-refractivity contribution in [2.24, 2.45) is 4.99 Å². The highest BCUT2D eigenvalue weighted by Crippen LogP contribution is 2.38. The lowest BCUT2D eigenvalue weighted by Crippen LogP contribution is -2.38. The van der Waals surface area contributed by atoms with Gasteiger partial charge in [0.25, 0.3) is 5.91 Å². The van der Waals surface area contributed by atoms with E-state index in [1.54, 1.807) is 29.2 Å². The lowest BCUT2D eigenvalue weighted by Gasteiger charge is -2.27. The van der Waals surface area contributed by atoms with Crippen LogP contribution >= 0.6 is 11.8 Å². The standard InChI is InChI=1S/C27H31N3O6S/c1-19(26(32)33)36-24-20(8-6-11-22(24)34-2)18-23-25(31)30(13-7-12-29-14-16-35-17-15-29)27(37-23)28-21-9-4-3-5-10-21/h3-6,8-11,18-19H,7,12-17H2,1-2H3,(H,32,33)/b23-18-,28-27?/t19-/m0/s1. The van der Waals surface area contributed by atoms with Gasteiger partial charge in [-0.25, -0.2) is 9.79 Å². The predicted octanol–water partition coefficient (Wildman–Crippen LogP) is 3.87. The molecule has 0 saturated carbocycles. The van der Waals surface area contributed by atoms with Crippen LogP contribution < -0.4 is 9.47 Å². The van der Waals surface area contributed by atoms with Gasteiger partial charge in [0, 0.05) is 31.7 Å². The second kappa shape index (κ2) is 12.8. The minimum absolute atomic E-state index is 0.151. The summed E-state index contributed by atoms with van der Waals surface area (Å²) >= 11 is 1.29. The topological polar surface area (TPSA) is 101 Å². The Kier molecular flexibility index (Phi) is 9.21. The smallest absolute Gasteiger partial charge is 0.344 e. The average Bonchev–Trinajstić information content (AvgIpc) is 3.19. The number of carbonyl (C=O) groups is 2. The van der Waals surface area contributed by atoms with E-state index in [-0.39, 0.29) is 11.7 Å². The number of aliphatic imine (C=N–C) groups is 1. The maximum absolute atomic E-state index is 13.5. The molecular formula is C27H31N3O6S. The highest BCUT2D eigenvalue weighted by Gasteiger charge is 2.34. The summed E-state index contributed by atoms with van der Waals surface area (Å²) in [4.78, 5) is 34.2. The quantitative estimate of drug-likeness (QED) is 0.467. The lowest BCUT2D eigenvalue weighted by atomic mass is 10.1. The SMILES string of the molecule is COc1cccc(/C=C2\SC(=Nc3ccccc3)N(CCCN3CCOCC3)C2=O)c1O[C@@H](C)C(=O)O. The van der Waals surface area contributed by atoms with E-state index in [9.17, 15) is 14.7 Å². The largest absolute Gasteiger partial charge is 0.493 e. The average molecular weight is 526 g/mol. The van der Waals surface area contributed by atoms with Gasteiger partial charge in [-0.05, 0) is 49.4 Å². The summed E-state index contributed by atoms with van der Waals surface area (Å²) in [6.07, 6.45) is 1.42. The molecule has 2 aliphatic rings. The number of carbonyl (C=O) groups excluding carboxylic acids is 1. The molecule has 0 unspecified atom stereocenters. The number of aliphatic carboxylic acids is 1. The molecule has 10 heteroatoms. The number of carboxylic acids is 1. The van der Waals surface area contributed by atoms with Crippen molar-refractivity contribution in [2.75, 3.05) is 46.5 Å². The Morgan fingerprint density at radius 1 is 1.16 bits per heavy atom. The third-order valence-corrected chi connectivity index (χ3v) is 6.99. The van der Waals surface area contributed by atoms with E-state index in [0.717, 1.165) is 45.0 Å². The highest BCUT2D eigenvalue weighted by molar-refractivity contribution is 8.18. The molecule has 2 saturated heterocycles. The fourth-order valence-corrected chi connectivity index (χ4v) is 5.00. The van der Waals surface area contributed by atoms with Gasteiger partial charge in [0.1, 0.15) is 0 Å².